The molecule has 0 radical (unpaired) electrons. The number of anilines is 1. The Morgan fingerprint density at radius 3 is 2.78 bits per heavy atom. The van der Waals surface area contributed by atoms with Crippen LogP contribution in [-0.4, -0.2) is 24.7 Å². The number of amides is 1. The predicted octanol–water partition coefficient (Wildman–Crippen LogP) is 1.64. The number of nitrogens with zero attached hydrogens (tertiary/aromatic N) is 2. The van der Waals surface area contributed by atoms with Crippen molar-refractivity contribution >= 4 is 17.3 Å². The van der Waals surface area contributed by atoms with Crippen LogP contribution in [0.15, 0.2) is 29.4 Å². The predicted molar refractivity (Wildman–Crippen MR) is 72.7 cm³/mol. The van der Waals surface area contributed by atoms with Gasteiger partial charge in [0, 0.05) is 24.2 Å². The van der Waals surface area contributed by atoms with E-state index in [-0.39, 0.29) is 12.5 Å². The van der Waals surface area contributed by atoms with Crippen molar-refractivity contribution in [2.24, 2.45) is 5.10 Å². The van der Waals surface area contributed by atoms with Crippen molar-refractivity contribution in [3.63, 3.8) is 0 Å². The monoisotopic (exact) mass is 241 g/mol. The summed E-state index contributed by atoms with van der Waals surface area (Å²) in [5, 5.41) is 8.98. The van der Waals surface area contributed by atoms with Crippen molar-refractivity contribution < 1.29 is 4.79 Å². The summed E-state index contributed by atoms with van der Waals surface area (Å²) in [6.45, 7) is 3.16. The van der Waals surface area contributed by atoms with Gasteiger partial charge >= 0.3 is 0 Å². The molecule has 2 rings (SSSR count). The van der Waals surface area contributed by atoms with Crippen molar-refractivity contribution in [3.8, 4) is 12.3 Å². The van der Waals surface area contributed by atoms with Crippen molar-refractivity contribution in [2.45, 2.75) is 13.3 Å². The zero-order valence-electron chi connectivity index (χ0n) is 10.3. The topological polar surface area (TPSA) is 44.7 Å². The van der Waals surface area contributed by atoms with E-state index in [1.54, 1.807) is 12.1 Å². The summed E-state index contributed by atoms with van der Waals surface area (Å²) in [6, 6.07) is 7.36. The maximum absolute atomic E-state index is 11.6. The maximum Gasteiger partial charge on any atom is 0.252 e. The van der Waals surface area contributed by atoms with Crippen LogP contribution in [0.2, 0.25) is 0 Å². The average Bonchev–Trinajstić information content (AvgIpc) is 2.83. The summed E-state index contributed by atoms with van der Waals surface area (Å²) < 4.78 is 0. The van der Waals surface area contributed by atoms with Gasteiger partial charge in [-0.1, -0.05) is 5.92 Å². The van der Waals surface area contributed by atoms with Crippen LogP contribution in [0.3, 0.4) is 0 Å². The number of carbonyl (C=O) groups is 1. The molecule has 1 aromatic carbocycles. The minimum absolute atomic E-state index is 0.152. The molecule has 0 aromatic heterocycles. The highest BCUT2D eigenvalue weighted by Gasteiger charge is 2.13. The summed E-state index contributed by atoms with van der Waals surface area (Å²) in [5.74, 6) is 2.22. The summed E-state index contributed by atoms with van der Waals surface area (Å²) in [4.78, 5) is 11.6. The molecule has 4 nitrogen and oxygen atoms in total. The number of hydrogen-bond acceptors (Lipinski definition) is 3. The molecule has 18 heavy (non-hydrogen) atoms. The van der Waals surface area contributed by atoms with Crippen LogP contribution in [-0.2, 0) is 0 Å². The largest absolute Gasteiger partial charge is 0.341 e. The van der Waals surface area contributed by atoms with Crippen LogP contribution >= 0.6 is 0 Å². The number of nitrogens with one attached hydrogen (secondary N) is 1. The lowest BCUT2D eigenvalue weighted by atomic mass is 10.2. The van der Waals surface area contributed by atoms with Crippen LogP contribution in [0.25, 0.3) is 0 Å². The van der Waals surface area contributed by atoms with E-state index in [1.165, 1.54) is 0 Å². The first-order valence-corrected chi connectivity index (χ1v) is 5.84. The van der Waals surface area contributed by atoms with Crippen LogP contribution in [0.1, 0.15) is 23.7 Å². The summed E-state index contributed by atoms with van der Waals surface area (Å²) >= 11 is 0. The molecule has 1 aromatic rings. The van der Waals surface area contributed by atoms with E-state index in [9.17, 15) is 4.79 Å². The first kappa shape index (κ1) is 12.2. The number of benzene rings is 1. The molecule has 1 aliphatic heterocycles. The van der Waals surface area contributed by atoms with E-state index in [0.29, 0.717) is 5.56 Å². The zero-order valence-corrected chi connectivity index (χ0v) is 10.3. The van der Waals surface area contributed by atoms with Gasteiger partial charge in [-0.05, 0) is 31.2 Å². The average molecular weight is 241 g/mol. The fourth-order valence-electron chi connectivity index (χ4n) is 1.78. The summed E-state index contributed by atoms with van der Waals surface area (Å²) in [7, 11) is 0. The normalized spacial score (nSPS) is 14.0. The first-order chi connectivity index (χ1) is 8.70. The van der Waals surface area contributed by atoms with E-state index in [1.807, 2.05) is 24.1 Å². The van der Waals surface area contributed by atoms with Crippen molar-refractivity contribution in [2.75, 3.05) is 18.1 Å². The number of hydrazone groups is 1. The molecule has 92 valence electrons. The van der Waals surface area contributed by atoms with Crippen molar-refractivity contribution in [3.05, 3.63) is 29.8 Å². The zero-order chi connectivity index (χ0) is 13.0. The second-order valence-electron chi connectivity index (χ2n) is 4.14. The Bertz CT molecular complexity index is 511. The third kappa shape index (κ3) is 2.69. The number of hydrogen-bond donors (Lipinski definition) is 1. The lowest BCUT2D eigenvalue weighted by Gasteiger charge is -2.13. The van der Waals surface area contributed by atoms with E-state index in [0.717, 1.165) is 24.4 Å². The minimum Gasteiger partial charge on any atom is -0.341 e. The molecule has 0 aliphatic carbocycles. The SMILES string of the molecule is C#CCNC(=O)c1ccc(N2CCC(C)=N2)cc1. The first-order valence-electron chi connectivity index (χ1n) is 5.84. The highest BCUT2D eigenvalue weighted by Crippen LogP contribution is 2.19. The van der Waals surface area contributed by atoms with Gasteiger partial charge in [-0.2, -0.15) is 5.10 Å². The van der Waals surface area contributed by atoms with Gasteiger partial charge < -0.3 is 5.32 Å². The molecule has 1 heterocycles. The van der Waals surface area contributed by atoms with Gasteiger partial charge in [0.1, 0.15) is 0 Å². The Balaban J connectivity index is 2.06. The van der Waals surface area contributed by atoms with Crippen molar-refractivity contribution in [1.29, 1.82) is 0 Å². The molecule has 0 unspecified atom stereocenters. The molecule has 0 saturated carbocycles. The number of carbonyl (C=O) groups excluding carboxylic acids is 1. The molecule has 0 bridgehead atoms. The number of terminal acetylenes is 1. The highest BCUT2D eigenvalue weighted by atomic mass is 16.1. The van der Waals surface area contributed by atoms with Gasteiger partial charge in [0.15, 0.2) is 0 Å². The molecule has 0 fully saturated rings. The number of rotatable bonds is 3. The van der Waals surface area contributed by atoms with Gasteiger partial charge in [0.05, 0.1) is 12.2 Å². The molecular formula is C14H15N3O. The quantitative estimate of drug-likeness (QED) is 0.818. The molecule has 1 N–H and O–H groups in total. The molecule has 1 aliphatic rings. The van der Waals surface area contributed by atoms with E-state index in [2.05, 4.69) is 16.3 Å². The maximum atomic E-state index is 11.6. The van der Waals surface area contributed by atoms with Crippen LogP contribution in [0.5, 0.6) is 0 Å². The molecule has 1 amide bonds. The van der Waals surface area contributed by atoms with Gasteiger partial charge in [0.2, 0.25) is 0 Å². The lowest BCUT2D eigenvalue weighted by molar-refractivity contribution is 0.0958. The summed E-state index contributed by atoms with van der Waals surface area (Å²) in [6.07, 6.45) is 6.08. The Kier molecular flexibility index (Phi) is 3.63. The van der Waals surface area contributed by atoms with Crippen LogP contribution in [0.4, 0.5) is 5.69 Å². The second kappa shape index (κ2) is 5.37. The standard InChI is InChI=1S/C14H15N3O/c1-3-9-15-14(18)12-4-6-13(7-5-12)17-10-8-11(2)16-17/h1,4-7H,8-10H2,2H3,(H,15,18). The van der Waals surface area contributed by atoms with E-state index < -0.39 is 0 Å². The molecule has 4 heteroatoms. The Morgan fingerprint density at radius 1 is 1.50 bits per heavy atom. The van der Waals surface area contributed by atoms with Gasteiger partial charge in [-0.15, -0.1) is 6.42 Å². The smallest absolute Gasteiger partial charge is 0.252 e. The molecule has 0 saturated heterocycles. The molecular weight excluding hydrogens is 226 g/mol. The third-order valence-corrected chi connectivity index (χ3v) is 2.76. The van der Waals surface area contributed by atoms with Crippen molar-refractivity contribution in [1.82, 2.24) is 5.32 Å². The van der Waals surface area contributed by atoms with Crippen LogP contribution < -0.4 is 10.3 Å². The Labute approximate surface area is 107 Å². The lowest BCUT2D eigenvalue weighted by Crippen LogP contribution is -2.23. The highest BCUT2D eigenvalue weighted by molar-refractivity contribution is 5.94. The Morgan fingerprint density at radius 2 is 2.22 bits per heavy atom. The van der Waals surface area contributed by atoms with Gasteiger partial charge in [-0.3, -0.25) is 9.80 Å². The molecule has 0 atom stereocenters. The second-order valence-corrected chi connectivity index (χ2v) is 4.14. The van der Waals surface area contributed by atoms with E-state index in [4.69, 9.17) is 6.42 Å². The molecule has 0 spiro atoms. The fourth-order valence-corrected chi connectivity index (χ4v) is 1.78. The Hall–Kier alpha value is -2.28. The van der Waals surface area contributed by atoms with E-state index >= 15 is 0 Å². The third-order valence-electron chi connectivity index (χ3n) is 2.76. The fraction of sp³-hybridized carbons (Fsp3) is 0.286. The summed E-state index contributed by atoms with van der Waals surface area (Å²) in [5.41, 5.74) is 2.74. The minimum atomic E-state index is -0.152. The van der Waals surface area contributed by atoms with Gasteiger partial charge in [0.25, 0.3) is 5.91 Å². The van der Waals surface area contributed by atoms with Gasteiger partial charge in [-0.25, -0.2) is 0 Å². The van der Waals surface area contributed by atoms with Crippen LogP contribution in [0, 0.1) is 12.3 Å².